The number of fused-ring (bicyclic) bond motifs is 3. The summed E-state index contributed by atoms with van der Waals surface area (Å²) in [7, 11) is -3.86. The Morgan fingerprint density at radius 3 is 2.60 bits per heavy atom. The number of hydrogen-bond acceptors (Lipinski definition) is 5. The molecule has 3 N–H and O–H groups in total. The van der Waals surface area contributed by atoms with E-state index >= 15 is 0 Å². The van der Waals surface area contributed by atoms with Crippen LogP contribution in [0.25, 0.3) is 21.8 Å². The molecule has 10 heteroatoms. The Morgan fingerprint density at radius 2 is 1.90 bits per heavy atom. The van der Waals surface area contributed by atoms with Crippen molar-refractivity contribution in [1.82, 2.24) is 9.97 Å². The van der Waals surface area contributed by atoms with Gasteiger partial charge >= 0.3 is 5.97 Å². The van der Waals surface area contributed by atoms with Crippen LogP contribution >= 0.6 is 11.6 Å². The Balaban J connectivity index is 1.85. The lowest BCUT2D eigenvalue weighted by Crippen LogP contribution is -2.13. The third kappa shape index (κ3) is 3.53. The highest BCUT2D eigenvalue weighted by Crippen LogP contribution is 2.28. The summed E-state index contributed by atoms with van der Waals surface area (Å²) in [4.78, 5) is 30.2. The Bertz CT molecular complexity index is 1440. The summed E-state index contributed by atoms with van der Waals surface area (Å²) >= 11 is 5.82. The van der Waals surface area contributed by atoms with Gasteiger partial charge in [-0.1, -0.05) is 11.6 Å². The number of sulfonamides is 1. The molecule has 0 saturated heterocycles. The Hall–Kier alpha value is -3.30. The highest BCUT2D eigenvalue weighted by atomic mass is 35.5. The number of aromatic nitrogens is 2. The highest BCUT2D eigenvalue weighted by molar-refractivity contribution is 7.92. The third-order valence-electron chi connectivity index (χ3n) is 4.52. The van der Waals surface area contributed by atoms with E-state index in [2.05, 4.69) is 14.7 Å². The maximum atomic E-state index is 12.7. The van der Waals surface area contributed by atoms with E-state index in [1.807, 2.05) is 0 Å². The van der Waals surface area contributed by atoms with Crippen molar-refractivity contribution in [3.8, 4) is 0 Å². The molecule has 4 rings (SSSR count). The van der Waals surface area contributed by atoms with Gasteiger partial charge in [-0.3, -0.25) is 9.52 Å². The topological polar surface area (TPSA) is 121 Å². The molecule has 0 aliphatic heterocycles. The smallest absolute Gasteiger partial charge is 0.340 e. The van der Waals surface area contributed by atoms with Crippen LogP contribution in [0.15, 0.2) is 58.4 Å². The number of aromatic amines is 2. The minimum Gasteiger partial charge on any atom is -0.462 e. The van der Waals surface area contributed by atoms with Crippen LogP contribution in [-0.4, -0.2) is 31.0 Å². The maximum Gasteiger partial charge on any atom is 0.340 e. The molecule has 0 spiro atoms. The van der Waals surface area contributed by atoms with E-state index in [4.69, 9.17) is 16.3 Å². The quantitative estimate of drug-likeness (QED) is 0.405. The number of hydrogen-bond donors (Lipinski definition) is 3. The van der Waals surface area contributed by atoms with Crippen molar-refractivity contribution in [3.63, 3.8) is 0 Å². The van der Waals surface area contributed by atoms with Crippen molar-refractivity contribution in [3.05, 3.63) is 69.6 Å². The van der Waals surface area contributed by atoms with Gasteiger partial charge in [-0.05, 0) is 49.4 Å². The molecule has 0 atom stereocenters. The summed E-state index contributed by atoms with van der Waals surface area (Å²) in [5.41, 5.74) is 0.709. The molecule has 0 bridgehead atoms. The third-order valence-corrected chi connectivity index (χ3v) is 6.17. The molecular formula is C20H16ClN3O5S. The molecular weight excluding hydrogens is 430 g/mol. The second-order valence-electron chi connectivity index (χ2n) is 6.45. The molecule has 8 nitrogen and oxygen atoms in total. The molecule has 0 unspecified atom stereocenters. The first-order valence-electron chi connectivity index (χ1n) is 8.93. The molecule has 4 aromatic rings. The van der Waals surface area contributed by atoms with Crippen LogP contribution in [0.2, 0.25) is 5.02 Å². The predicted molar refractivity (Wildman–Crippen MR) is 115 cm³/mol. The Kier molecular flexibility index (Phi) is 5.00. The number of carbonyl (C=O) groups is 1. The lowest BCUT2D eigenvalue weighted by Gasteiger charge is -2.10. The SMILES string of the molecule is CCOC(=O)c1c[nH]c2c(=O)[nH]c3ccc(NS(=O)(=O)c4ccc(Cl)cc4)cc3c12. The largest absolute Gasteiger partial charge is 0.462 e. The fourth-order valence-corrected chi connectivity index (χ4v) is 4.36. The van der Waals surface area contributed by atoms with E-state index < -0.39 is 21.6 Å². The first-order chi connectivity index (χ1) is 14.3. The van der Waals surface area contributed by atoms with E-state index in [9.17, 15) is 18.0 Å². The Morgan fingerprint density at radius 1 is 1.17 bits per heavy atom. The van der Waals surface area contributed by atoms with Gasteiger partial charge in [-0.15, -0.1) is 0 Å². The summed E-state index contributed by atoms with van der Waals surface area (Å²) in [6, 6.07) is 10.4. The van der Waals surface area contributed by atoms with E-state index in [0.717, 1.165) is 0 Å². The first kappa shape index (κ1) is 20.0. The van der Waals surface area contributed by atoms with Gasteiger partial charge in [0.15, 0.2) is 0 Å². The molecule has 2 aromatic heterocycles. The number of halogens is 1. The van der Waals surface area contributed by atoms with Crippen molar-refractivity contribution in [2.45, 2.75) is 11.8 Å². The number of carbonyl (C=O) groups excluding carboxylic acids is 1. The first-order valence-corrected chi connectivity index (χ1v) is 10.8. The second kappa shape index (κ2) is 7.51. The van der Waals surface area contributed by atoms with Gasteiger partial charge in [-0.25, -0.2) is 13.2 Å². The molecule has 0 aliphatic rings. The van der Waals surface area contributed by atoms with Crippen LogP contribution in [0.5, 0.6) is 0 Å². The average molecular weight is 446 g/mol. The number of rotatable bonds is 5. The van der Waals surface area contributed by atoms with Crippen LogP contribution in [-0.2, 0) is 14.8 Å². The maximum absolute atomic E-state index is 12.7. The zero-order valence-electron chi connectivity index (χ0n) is 15.7. The molecule has 0 amide bonds. The molecule has 0 radical (unpaired) electrons. The predicted octanol–water partition coefficient (Wildman–Crippen LogP) is 3.64. The van der Waals surface area contributed by atoms with E-state index in [-0.39, 0.29) is 28.3 Å². The normalized spacial score (nSPS) is 11.7. The monoisotopic (exact) mass is 445 g/mol. The number of esters is 1. The number of benzene rings is 2. The summed E-state index contributed by atoms with van der Waals surface area (Å²) < 4.78 is 32.9. The van der Waals surface area contributed by atoms with Crippen LogP contribution in [0.3, 0.4) is 0 Å². The fourth-order valence-electron chi connectivity index (χ4n) is 3.19. The van der Waals surface area contributed by atoms with Gasteiger partial charge in [0.2, 0.25) is 0 Å². The number of nitrogens with one attached hydrogen (secondary N) is 3. The number of anilines is 1. The summed E-state index contributed by atoms with van der Waals surface area (Å²) in [6.45, 7) is 1.86. The number of pyridine rings is 1. The molecule has 30 heavy (non-hydrogen) atoms. The van der Waals surface area contributed by atoms with Crippen molar-refractivity contribution in [1.29, 1.82) is 0 Å². The van der Waals surface area contributed by atoms with Crippen molar-refractivity contribution in [2.75, 3.05) is 11.3 Å². The van der Waals surface area contributed by atoms with Crippen molar-refractivity contribution >= 4 is 55.1 Å². The van der Waals surface area contributed by atoms with Crippen LogP contribution in [0, 0.1) is 0 Å². The summed E-state index contributed by atoms with van der Waals surface area (Å²) in [5.74, 6) is -0.581. The van der Waals surface area contributed by atoms with E-state index in [1.165, 1.54) is 36.5 Å². The van der Waals surface area contributed by atoms with E-state index in [1.54, 1.807) is 19.1 Å². The van der Waals surface area contributed by atoms with Crippen LogP contribution in [0.4, 0.5) is 5.69 Å². The molecule has 0 aliphatic carbocycles. The average Bonchev–Trinajstić information content (AvgIpc) is 3.15. The van der Waals surface area contributed by atoms with Crippen molar-refractivity contribution < 1.29 is 17.9 Å². The summed E-state index contributed by atoms with van der Waals surface area (Å²) in [6.07, 6.45) is 1.40. The van der Waals surface area contributed by atoms with Crippen molar-refractivity contribution in [2.24, 2.45) is 0 Å². The minimum atomic E-state index is -3.86. The second-order valence-corrected chi connectivity index (χ2v) is 8.57. The van der Waals surface area contributed by atoms with Gasteiger partial charge in [0, 0.05) is 33.2 Å². The fraction of sp³-hybridized carbons (Fsp3) is 0.100. The standard InChI is InChI=1S/C20H16ClN3O5S/c1-2-29-20(26)15-10-22-18-17(15)14-9-12(5-8-16(14)23-19(18)25)24-30(27,28)13-6-3-11(21)4-7-13/h3-10,22,24H,2H2,1H3,(H,23,25). The molecule has 0 saturated carbocycles. The van der Waals surface area contributed by atoms with Gasteiger partial charge in [0.25, 0.3) is 15.6 Å². The number of H-pyrrole nitrogens is 2. The van der Waals surface area contributed by atoms with Gasteiger partial charge < -0.3 is 14.7 Å². The zero-order valence-corrected chi connectivity index (χ0v) is 17.2. The summed E-state index contributed by atoms with van der Waals surface area (Å²) in [5, 5.41) is 1.27. The van der Waals surface area contributed by atoms with Crippen LogP contribution in [0.1, 0.15) is 17.3 Å². The lowest BCUT2D eigenvalue weighted by molar-refractivity contribution is 0.0529. The van der Waals surface area contributed by atoms with Gasteiger partial charge in [-0.2, -0.15) is 0 Å². The zero-order chi connectivity index (χ0) is 21.5. The molecule has 0 fully saturated rings. The number of ether oxygens (including phenoxy) is 1. The molecule has 2 heterocycles. The molecule has 2 aromatic carbocycles. The molecule has 154 valence electrons. The lowest BCUT2D eigenvalue weighted by atomic mass is 10.1. The highest BCUT2D eigenvalue weighted by Gasteiger charge is 2.19. The van der Waals surface area contributed by atoms with Gasteiger partial charge in [0.05, 0.1) is 17.1 Å². The van der Waals surface area contributed by atoms with Crippen LogP contribution < -0.4 is 10.3 Å². The van der Waals surface area contributed by atoms with Gasteiger partial charge in [0.1, 0.15) is 5.52 Å². The minimum absolute atomic E-state index is 0.0486. The van der Waals surface area contributed by atoms with E-state index in [0.29, 0.717) is 21.3 Å². The Labute approximate surface area is 175 Å².